The van der Waals surface area contributed by atoms with Crippen LogP contribution in [0.3, 0.4) is 0 Å². The molecule has 0 bridgehead atoms. The molecule has 0 saturated heterocycles. The first-order chi connectivity index (χ1) is 31.3. The van der Waals surface area contributed by atoms with E-state index in [1.54, 1.807) is 0 Å². The number of fused-ring (bicyclic) bond motifs is 8. The van der Waals surface area contributed by atoms with Gasteiger partial charge in [0.15, 0.2) is 0 Å². The van der Waals surface area contributed by atoms with E-state index in [0.29, 0.717) is 0 Å². The summed E-state index contributed by atoms with van der Waals surface area (Å²) in [5.41, 5.74) is 12.9. The predicted molar refractivity (Wildman–Crippen MR) is 266 cm³/mol. The van der Waals surface area contributed by atoms with Gasteiger partial charge in [-0.05, 0) is 107 Å². The third-order valence-corrected chi connectivity index (χ3v) is 12.3. The smallest absolute Gasteiger partial charge is 0.0809 e. The van der Waals surface area contributed by atoms with Gasteiger partial charge < -0.3 is 14.4 Å². The molecule has 0 aliphatic rings. The van der Waals surface area contributed by atoms with Crippen molar-refractivity contribution < 1.29 is 0 Å². The van der Waals surface area contributed by atoms with E-state index in [9.17, 15) is 0 Å². The summed E-state index contributed by atoms with van der Waals surface area (Å²) in [6.45, 7) is 0. The van der Waals surface area contributed by atoms with Gasteiger partial charge in [0, 0.05) is 66.9 Å². The molecule has 0 atom stereocenters. The van der Waals surface area contributed by atoms with Crippen molar-refractivity contribution in [1.29, 1.82) is 0 Å². The highest BCUT2D eigenvalue weighted by Crippen LogP contribution is 2.44. The van der Waals surface area contributed by atoms with Crippen molar-refractivity contribution in [2.24, 2.45) is 0 Å². The number of benzene rings is 10. The number of hydrogen-bond donors (Lipinski definition) is 0. The Morgan fingerprint density at radius 2 is 0.857 bits per heavy atom. The van der Waals surface area contributed by atoms with Gasteiger partial charge in [0.05, 0.1) is 22.2 Å². The van der Waals surface area contributed by atoms with Crippen molar-refractivity contribution in [1.82, 2.24) is 9.55 Å². The second-order valence-corrected chi connectivity index (χ2v) is 16.0. The van der Waals surface area contributed by atoms with Crippen LogP contribution in [0.15, 0.2) is 243 Å². The Balaban J connectivity index is 1.08. The highest BCUT2D eigenvalue weighted by atomic mass is 15.2. The van der Waals surface area contributed by atoms with E-state index in [-0.39, 0.29) is 0 Å². The van der Waals surface area contributed by atoms with Gasteiger partial charge in [-0.2, -0.15) is 0 Å². The molecule has 4 heteroatoms. The molecule has 0 spiro atoms. The second-order valence-electron chi connectivity index (χ2n) is 16.0. The molecular weight excluding hydrogens is 765 g/mol. The summed E-state index contributed by atoms with van der Waals surface area (Å²) >= 11 is 0. The standard InChI is InChI=1S/C59H40N4/c1-4-18-42(19-5-1)58-57-53(51-27-12-14-29-55(51)60-58)37-38-54-52-28-13-15-30-56(52)63(59(54)57)49-26-16-25-48(40-49)62(50-32-31-41-17-10-11-20-43(41)39-50)47-35-33-46(34-36-47)61(44-21-6-2-7-22-44)45-23-8-3-9-24-45/h1-40H. The quantitative estimate of drug-likeness (QED) is 0.143. The van der Waals surface area contributed by atoms with Gasteiger partial charge in [0.2, 0.25) is 0 Å². The summed E-state index contributed by atoms with van der Waals surface area (Å²) < 4.78 is 2.46. The molecule has 296 valence electrons. The predicted octanol–water partition coefficient (Wildman–Crippen LogP) is 16.2. The fraction of sp³-hybridized carbons (Fsp3) is 0. The topological polar surface area (TPSA) is 24.3 Å². The number of rotatable bonds is 8. The highest BCUT2D eigenvalue weighted by molar-refractivity contribution is 6.25. The number of para-hydroxylation sites is 4. The maximum Gasteiger partial charge on any atom is 0.0809 e. The highest BCUT2D eigenvalue weighted by Gasteiger charge is 2.22. The third kappa shape index (κ3) is 6.27. The lowest BCUT2D eigenvalue weighted by Crippen LogP contribution is -2.12. The van der Waals surface area contributed by atoms with Gasteiger partial charge in [-0.1, -0.05) is 152 Å². The van der Waals surface area contributed by atoms with Crippen LogP contribution in [0, 0.1) is 0 Å². The molecule has 0 aliphatic heterocycles. The fourth-order valence-electron chi connectivity index (χ4n) is 9.46. The molecule has 10 aromatic carbocycles. The molecule has 0 amide bonds. The van der Waals surface area contributed by atoms with E-state index in [1.807, 2.05) is 0 Å². The molecule has 0 saturated carbocycles. The maximum absolute atomic E-state index is 5.41. The Morgan fingerprint density at radius 3 is 1.59 bits per heavy atom. The molecule has 0 radical (unpaired) electrons. The van der Waals surface area contributed by atoms with Crippen molar-refractivity contribution in [2.45, 2.75) is 0 Å². The van der Waals surface area contributed by atoms with Gasteiger partial charge in [-0.25, -0.2) is 4.98 Å². The average Bonchev–Trinajstić information content (AvgIpc) is 3.70. The Morgan fingerprint density at radius 1 is 0.333 bits per heavy atom. The lowest BCUT2D eigenvalue weighted by atomic mass is 9.97. The molecule has 0 unspecified atom stereocenters. The number of pyridine rings is 1. The first kappa shape index (κ1) is 36.4. The molecule has 2 aromatic heterocycles. The lowest BCUT2D eigenvalue weighted by Gasteiger charge is -2.29. The summed E-state index contributed by atoms with van der Waals surface area (Å²) in [4.78, 5) is 10.1. The zero-order chi connectivity index (χ0) is 41.7. The summed E-state index contributed by atoms with van der Waals surface area (Å²) in [5, 5.41) is 8.26. The number of hydrogen-bond acceptors (Lipinski definition) is 3. The van der Waals surface area contributed by atoms with E-state index in [4.69, 9.17) is 4.98 Å². The van der Waals surface area contributed by atoms with E-state index >= 15 is 0 Å². The summed E-state index contributed by atoms with van der Waals surface area (Å²) in [6, 6.07) is 87.0. The summed E-state index contributed by atoms with van der Waals surface area (Å²) in [5.74, 6) is 0. The molecule has 0 aliphatic carbocycles. The minimum absolute atomic E-state index is 0.980. The van der Waals surface area contributed by atoms with E-state index in [0.717, 1.165) is 78.4 Å². The molecule has 2 heterocycles. The van der Waals surface area contributed by atoms with Crippen molar-refractivity contribution in [3.8, 4) is 16.9 Å². The Bertz CT molecular complexity index is 3580. The molecule has 63 heavy (non-hydrogen) atoms. The van der Waals surface area contributed by atoms with Crippen molar-refractivity contribution in [2.75, 3.05) is 9.80 Å². The number of nitrogens with zero attached hydrogens (tertiary/aromatic N) is 4. The van der Waals surface area contributed by atoms with Crippen molar-refractivity contribution in [3.63, 3.8) is 0 Å². The van der Waals surface area contributed by atoms with Crippen molar-refractivity contribution >= 4 is 88.4 Å². The number of anilines is 6. The largest absolute Gasteiger partial charge is 0.311 e. The van der Waals surface area contributed by atoms with E-state index in [2.05, 4.69) is 257 Å². The van der Waals surface area contributed by atoms with Crippen LogP contribution in [0.25, 0.3) is 71.2 Å². The Kier molecular flexibility index (Phi) is 8.79. The van der Waals surface area contributed by atoms with Crippen LogP contribution in [0.2, 0.25) is 0 Å². The van der Waals surface area contributed by atoms with E-state index in [1.165, 1.54) is 26.9 Å². The zero-order valence-corrected chi connectivity index (χ0v) is 34.4. The van der Waals surface area contributed by atoms with Crippen LogP contribution >= 0.6 is 0 Å². The van der Waals surface area contributed by atoms with Gasteiger partial charge in [0.25, 0.3) is 0 Å². The minimum Gasteiger partial charge on any atom is -0.311 e. The monoisotopic (exact) mass is 804 g/mol. The third-order valence-electron chi connectivity index (χ3n) is 12.3. The van der Waals surface area contributed by atoms with Crippen LogP contribution in [0.1, 0.15) is 0 Å². The first-order valence-corrected chi connectivity index (χ1v) is 21.5. The van der Waals surface area contributed by atoms with Crippen molar-refractivity contribution in [3.05, 3.63) is 243 Å². The van der Waals surface area contributed by atoms with Gasteiger partial charge in [0.1, 0.15) is 0 Å². The molecule has 12 aromatic rings. The SMILES string of the molecule is c1ccc(-c2nc3ccccc3c3ccc4c5ccccc5n(-c5cccc(N(c6ccc(N(c7ccccc7)c7ccccc7)cc6)c6ccc7ccccc7c6)c5)c4c23)cc1. The van der Waals surface area contributed by atoms with Gasteiger partial charge in [-0.15, -0.1) is 0 Å². The summed E-state index contributed by atoms with van der Waals surface area (Å²) in [7, 11) is 0. The van der Waals surface area contributed by atoms with Crippen LogP contribution in [-0.4, -0.2) is 9.55 Å². The normalized spacial score (nSPS) is 11.5. The molecule has 4 nitrogen and oxygen atoms in total. The first-order valence-electron chi connectivity index (χ1n) is 21.5. The Hall–Kier alpha value is -8.47. The summed E-state index contributed by atoms with van der Waals surface area (Å²) in [6.07, 6.45) is 0. The minimum atomic E-state index is 0.980. The van der Waals surface area contributed by atoms with Crippen LogP contribution < -0.4 is 9.80 Å². The molecule has 0 fully saturated rings. The van der Waals surface area contributed by atoms with Crippen LogP contribution in [0.4, 0.5) is 34.1 Å². The molecule has 0 N–H and O–H groups in total. The molecule has 12 rings (SSSR count). The lowest BCUT2D eigenvalue weighted by molar-refractivity contribution is 1.17. The van der Waals surface area contributed by atoms with Gasteiger partial charge in [-0.3, -0.25) is 0 Å². The maximum atomic E-state index is 5.41. The average molecular weight is 805 g/mol. The van der Waals surface area contributed by atoms with Crippen LogP contribution in [0.5, 0.6) is 0 Å². The molecular formula is C59H40N4. The van der Waals surface area contributed by atoms with Crippen LogP contribution in [-0.2, 0) is 0 Å². The van der Waals surface area contributed by atoms with E-state index < -0.39 is 0 Å². The zero-order valence-electron chi connectivity index (χ0n) is 34.4. The Labute approximate surface area is 365 Å². The fourth-order valence-corrected chi connectivity index (χ4v) is 9.46. The second kappa shape index (κ2) is 15.2. The van der Waals surface area contributed by atoms with Gasteiger partial charge >= 0.3 is 0 Å². The number of aromatic nitrogens is 2.